The van der Waals surface area contributed by atoms with E-state index in [1.54, 1.807) is 17.9 Å². The highest BCUT2D eigenvalue weighted by atomic mass is 16.5. The molecule has 1 saturated heterocycles. The number of ether oxygens (including phenoxy) is 4. The normalized spacial score (nSPS) is 14.4. The van der Waals surface area contributed by atoms with Gasteiger partial charge in [0.1, 0.15) is 0 Å². The molecule has 0 bridgehead atoms. The second-order valence-electron chi connectivity index (χ2n) is 8.23. The number of hydrogen-bond donors (Lipinski definition) is 1. The van der Waals surface area contributed by atoms with Gasteiger partial charge < -0.3 is 28.8 Å². The molecule has 9 nitrogen and oxygen atoms in total. The highest BCUT2D eigenvalue weighted by Gasteiger charge is 2.25. The monoisotopic (exact) mass is 480 g/mol. The van der Waals surface area contributed by atoms with E-state index in [0.717, 1.165) is 10.9 Å². The van der Waals surface area contributed by atoms with Crippen molar-refractivity contribution in [3.8, 4) is 11.5 Å². The number of fused-ring (bicyclic) bond motifs is 1. The molecule has 1 aliphatic rings. The Hall–Kier alpha value is -3.85. The molecule has 1 N–H and O–H groups in total. The number of hydrogen-bond acceptors (Lipinski definition) is 7. The minimum Gasteiger partial charge on any atom is -0.493 e. The van der Waals surface area contributed by atoms with E-state index in [2.05, 4.69) is 4.98 Å². The summed E-state index contributed by atoms with van der Waals surface area (Å²) in [7, 11) is 1.44. The van der Waals surface area contributed by atoms with Crippen molar-refractivity contribution in [1.29, 1.82) is 0 Å². The zero-order valence-electron chi connectivity index (χ0n) is 20.0. The molecular weight excluding hydrogens is 452 g/mol. The van der Waals surface area contributed by atoms with Crippen molar-refractivity contribution in [3.05, 3.63) is 59.3 Å². The van der Waals surface area contributed by atoms with Crippen LogP contribution >= 0.6 is 0 Å². The molecule has 0 radical (unpaired) electrons. The highest BCUT2D eigenvalue weighted by molar-refractivity contribution is 6.11. The van der Waals surface area contributed by atoms with E-state index in [1.165, 1.54) is 19.2 Å². The number of morpholine rings is 1. The number of H-pyrrole nitrogens is 1. The van der Waals surface area contributed by atoms with E-state index < -0.39 is 12.1 Å². The summed E-state index contributed by atoms with van der Waals surface area (Å²) in [5.74, 6) is -0.511. The van der Waals surface area contributed by atoms with Crippen LogP contribution in [0.25, 0.3) is 10.9 Å². The SMILES string of the molecule is COc1cc(C(=O)O[C@@H](C)C(=O)c2c(C)[nH]c3ccccc23)ccc1OCC(=O)N1CCOCC1. The molecule has 1 aliphatic heterocycles. The summed E-state index contributed by atoms with van der Waals surface area (Å²) in [6, 6.07) is 12.0. The van der Waals surface area contributed by atoms with Crippen LogP contribution in [-0.2, 0) is 14.3 Å². The number of methoxy groups -OCH3 is 1. The topological polar surface area (TPSA) is 107 Å². The quantitative estimate of drug-likeness (QED) is 0.390. The van der Waals surface area contributed by atoms with Crippen LogP contribution in [0.2, 0.25) is 0 Å². The van der Waals surface area contributed by atoms with Crippen LogP contribution in [0.1, 0.15) is 33.3 Å². The molecule has 2 aromatic carbocycles. The Morgan fingerprint density at radius 3 is 2.57 bits per heavy atom. The van der Waals surface area contributed by atoms with Crippen LogP contribution in [-0.4, -0.2) is 73.7 Å². The number of nitrogens with zero attached hydrogens (tertiary/aromatic N) is 1. The van der Waals surface area contributed by atoms with Crippen molar-refractivity contribution in [2.45, 2.75) is 20.0 Å². The number of esters is 1. The fraction of sp³-hybridized carbons (Fsp3) is 0.346. The van der Waals surface area contributed by atoms with Crippen molar-refractivity contribution < 1.29 is 33.3 Å². The van der Waals surface area contributed by atoms with Crippen LogP contribution in [0.4, 0.5) is 0 Å². The van der Waals surface area contributed by atoms with E-state index >= 15 is 0 Å². The Kier molecular flexibility index (Phi) is 7.36. The Morgan fingerprint density at radius 2 is 1.83 bits per heavy atom. The summed E-state index contributed by atoms with van der Waals surface area (Å²) in [5.41, 5.74) is 2.27. The van der Waals surface area contributed by atoms with Gasteiger partial charge in [-0.1, -0.05) is 18.2 Å². The molecule has 2 heterocycles. The lowest BCUT2D eigenvalue weighted by Crippen LogP contribution is -2.43. The van der Waals surface area contributed by atoms with Gasteiger partial charge in [0, 0.05) is 35.2 Å². The van der Waals surface area contributed by atoms with Gasteiger partial charge in [-0.25, -0.2) is 4.79 Å². The standard InChI is InChI=1S/C26H28N2O7/c1-16-24(19-6-4-5-7-20(19)27-16)25(30)17(2)35-26(31)18-8-9-21(22(14-18)32-3)34-15-23(29)28-10-12-33-13-11-28/h4-9,14,17,27H,10-13,15H2,1-3H3/t17-/m0/s1. The number of Topliss-reactive ketones (excluding diaryl/α,β-unsaturated/α-hetero) is 1. The molecule has 0 spiro atoms. The third kappa shape index (κ3) is 5.30. The van der Waals surface area contributed by atoms with Crippen LogP contribution in [0, 0.1) is 6.92 Å². The van der Waals surface area contributed by atoms with E-state index in [0.29, 0.717) is 43.3 Å². The zero-order valence-corrected chi connectivity index (χ0v) is 20.0. The lowest BCUT2D eigenvalue weighted by atomic mass is 10.0. The number of aryl methyl sites for hydroxylation is 1. The van der Waals surface area contributed by atoms with E-state index in [1.807, 2.05) is 31.2 Å². The number of aromatic amines is 1. The average molecular weight is 481 g/mol. The molecule has 0 saturated carbocycles. The number of para-hydroxylation sites is 1. The molecule has 1 aromatic heterocycles. The number of carbonyl (C=O) groups excluding carboxylic acids is 3. The first-order valence-electron chi connectivity index (χ1n) is 11.4. The first-order valence-corrected chi connectivity index (χ1v) is 11.4. The summed E-state index contributed by atoms with van der Waals surface area (Å²) in [6.07, 6.45) is -0.992. The maximum Gasteiger partial charge on any atom is 0.338 e. The van der Waals surface area contributed by atoms with Gasteiger partial charge in [0.25, 0.3) is 5.91 Å². The summed E-state index contributed by atoms with van der Waals surface area (Å²) in [6.45, 7) is 5.27. The minimum atomic E-state index is -0.992. The average Bonchev–Trinajstić information content (AvgIpc) is 3.22. The number of rotatable bonds is 8. The van der Waals surface area contributed by atoms with Crippen LogP contribution < -0.4 is 9.47 Å². The summed E-state index contributed by atoms with van der Waals surface area (Å²) >= 11 is 0. The summed E-state index contributed by atoms with van der Waals surface area (Å²) in [4.78, 5) is 43.0. The fourth-order valence-electron chi connectivity index (χ4n) is 4.04. The van der Waals surface area contributed by atoms with Crippen molar-refractivity contribution in [2.24, 2.45) is 0 Å². The van der Waals surface area contributed by atoms with Gasteiger partial charge in [-0.3, -0.25) is 9.59 Å². The van der Waals surface area contributed by atoms with Crippen molar-refractivity contribution in [2.75, 3.05) is 40.0 Å². The molecule has 0 aliphatic carbocycles. The van der Waals surface area contributed by atoms with E-state index in [9.17, 15) is 14.4 Å². The van der Waals surface area contributed by atoms with Crippen molar-refractivity contribution in [1.82, 2.24) is 9.88 Å². The number of benzene rings is 2. The minimum absolute atomic E-state index is 0.154. The number of aromatic nitrogens is 1. The van der Waals surface area contributed by atoms with Crippen molar-refractivity contribution >= 4 is 28.6 Å². The first kappa shape index (κ1) is 24.3. The number of amides is 1. The van der Waals surface area contributed by atoms with Crippen LogP contribution in [0.3, 0.4) is 0 Å². The molecule has 0 unspecified atom stereocenters. The lowest BCUT2D eigenvalue weighted by molar-refractivity contribution is -0.137. The highest BCUT2D eigenvalue weighted by Crippen LogP contribution is 2.29. The second kappa shape index (κ2) is 10.6. The Balaban J connectivity index is 1.42. The van der Waals surface area contributed by atoms with Gasteiger partial charge in [-0.15, -0.1) is 0 Å². The predicted molar refractivity (Wildman–Crippen MR) is 128 cm³/mol. The molecule has 184 valence electrons. The van der Waals surface area contributed by atoms with Gasteiger partial charge in [0.15, 0.2) is 24.2 Å². The first-order chi connectivity index (χ1) is 16.9. The maximum absolute atomic E-state index is 13.1. The number of carbonyl (C=O) groups is 3. The fourth-order valence-corrected chi connectivity index (χ4v) is 4.04. The van der Waals surface area contributed by atoms with Gasteiger partial charge >= 0.3 is 5.97 Å². The lowest BCUT2D eigenvalue weighted by Gasteiger charge is -2.26. The molecule has 35 heavy (non-hydrogen) atoms. The van der Waals surface area contributed by atoms with E-state index in [-0.39, 0.29) is 29.6 Å². The van der Waals surface area contributed by atoms with Gasteiger partial charge in [0.2, 0.25) is 5.78 Å². The zero-order chi connectivity index (χ0) is 24.9. The molecule has 1 amide bonds. The molecule has 3 aromatic rings. The third-order valence-electron chi connectivity index (χ3n) is 5.91. The smallest absolute Gasteiger partial charge is 0.338 e. The largest absolute Gasteiger partial charge is 0.493 e. The Morgan fingerprint density at radius 1 is 1.09 bits per heavy atom. The van der Waals surface area contributed by atoms with Crippen LogP contribution in [0.5, 0.6) is 11.5 Å². The predicted octanol–water partition coefficient (Wildman–Crippen LogP) is 3.15. The number of nitrogens with one attached hydrogen (secondary N) is 1. The van der Waals surface area contributed by atoms with E-state index in [4.69, 9.17) is 18.9 Å². The summed E-state index contributed by atoms with van der Waals surface area (Å²) in [5, 5.41) is 0.785. The molecular formula is C26H28N2O7. The Labute approximate surface area is 202 Å². The second-order valence-corrected chi connectivity index (χ2v) is 8.23. The third-order valence-corrected chi connectivity index (χ3v) is 5.91. The molecule has 9 heteroatoms. The Bertz CT molecular complexity index is 1240. The van der Waals surface area contributed by atoms with Gasteiger partial charge in [-0.2, -0.15) is 0 Å². The van der Waals surface area contributed by atoms with Gasteiger partial charge in [0.05, 0.1) is 25.9 Å². The number of ketones is 1. The summed E-state index contributed by atoms with van der Waals surface area (Å²) < 4.78 is 21.7. The molecule has 1 atom stereocenters. The van der Waals surface area contributed by atoms with Gasteiger partial charge in [-0.05, 0) is 38.1 Å². The van der Waals surface area contributed by atoms with Crippen LogP contribution in [0.15, 0.2) is 42.5 Å². The van der Waals surface area contributed by atoms with Crippen molar-refractivity contribution in [3.63, 3.8) is 0 Å². The molecule has 4 rings (SSSR count). The maximum atomic E-state index is 13.1. The molecule has 1 fully saturated rings.